The summed E-state index contributed by atoms with van der Waals surface area (Å²) in [6.45, 7) is 0.864. The number of hydrogen-bond donors (Lipinski definition) is 0. The minimum absolute atomic E-state index is 0.167. The molecule has 1 aliphatic rings. The summed E-state index contributed by atoms with van der Waals surface area (Å²) in [6, 6.07) is 14.7. The van der Waals surface area contributed by atoms with E-state index in [0.717, 1.165) is 29.5 Å². The van der Waals surface area contributed by atoms with Crippen LogP contribution >= 0.6 is 23.2 Å². The Hall–Kier alpha value is -2.94. The standard InChI is InChI=1S/C28H24Cl2F4N2O2/c1-35(14-18-4-8-22(25(31)12-18)28(32,33)34)26-16-36(15-21(26)20-7-9-23(29)24(30)13-20)27(38)19-5-2-17(3-6-19)10-11-37/h2-9,11-13,21,26H,10,14-16H2,1H3. The second-order valence-electron chi connectivity index (χ2n) is 9.35. The summed E-state index contributed by atoms with van der Waals surface area (Å²) in [5.74, 6) is -1.71. The molecule has 4 nitrogen and oxygen atoms in total. The van der Waals surface area contributed by atoms with Crippen molar-refractivity contribution >= 4 is 35.4 Å². The summed E-state index contributed by atoms with van der Waals surface area (Å²) in [7, 11) is 1.78. The Morgan fingerprint density at radius 1 is 1.00 bits per heavy atom. The fourth-order valence-corrected chi connectivity index (χ4v) is 5.13. The molecule has 1 fully saturated rings. The van der Waals surface area contributed by atoms with Gasteiger partial charge < -0.3 is 9.69 Å². The van der Waals surface area contributed by atoms with Crippen LogP contribution in [0.3, 0.4) is 0 Å². The number of carbonyl (C=O) groups excluding carboxylic acids is 2. The topological polar surface area (TPSA) is 40.6 Å². The fraction of sp³-hybridized carbons (Fsp3) is 0.286. The maximum Gasteiger partial charge on any atom is 0.419 e. The van der Waals surface area contributed by atoms with Crippen molar-refractivity contribution in [1.82, 2.24) is 9.80 Å². The zero-order valence-corrected chi connectivity index (χ0v) is 21.8. The highest BCUT2D eigenvalue weighted by Crippen LogP contribution is 2.36. The molecule has 0 radical (unpaired) electrons. The quantitative estimate of drug-likeness (QED) is 0.238. The van der Waals surface area contributed by atoms with Gasteiger partial charge in [0.15, 0.2) is 0 Å². The van der Waals surface area contributed by atoms with E-state index in [4.69, 9.17) is 23.2 Å². The van der Waals surface area contributed by atoms with Gasteiger partial charge in [-0.05, 0) is 60.1 Å². The van der Waals surface area contributed by atoms with E-state index in [-0.39, 0.29) is 30.8 Å². The van der Waals surface area contributed by atoms with E-state index >= 15 is 0 Å². The summed E-state index contributed by atoms with van der Waals surface area (Å²) < 4.78 is 53.1. The van der Waals surface area contributed by atoms with Crippen molar-refractivity contribution in [1.29, 1.82) is 0 Å². The molecule has 1 aliphatic heterocycles. The van der Waals surface area contributed by atoms with Crippen LogP contribution in [-0.2, 0) is 23.9 Å². The number of aldehydes is 1. The lowest BCUT2D eigenvalue weighted by molar-refractivity contribution is -0.140. The molecular weight excluding hydrogens is 543 g/mol. The minimum Gasteiger partial charge on any atom is -0.336 e. The Morgan fingerprint density at radius 3 is 2.29 bits per heavy atom. The van der Waals surface area contributed by atoms with E-state index in [1.165, 1.54) is 6.07 Å². The highest BCUT2D eigenvalue weighted by atomic mass is 35.5. The average molecular weight is 567 g/mol. The Bertz CT molecular complexity index is 1330. The zero-order chi connectivity index (χ0) is 27.6. The molecule has 1 amide bonds. The SMILES string of the molecule is CN(Cc1ccc(C(F)(F)F)c(F)c1)C1CN(C(=O)c2ccc(CC=O)cc2)CC1c1ccc(Cl)c(Cl)c1. The Kier molecular flexibility index (Phi) is 8.45. The van der Waals surface area contributed by atoms with Gasteiger partial charge in [-0.15, -0.1) is 0 Å². The lowest BCUT2D eigenvalue weighted by Crippen LogP contribution is -2.38. The van der Waals surface area contributed by atoms with Crippen LogP contribution in [0.25, 0.3) is 0 Å². The van der Waals surface area contributed by atoms with Crippen LogP contribution in [0.5, 0.6) is 0 Å². The van der Waals surface area contributed by atoms with E-state index in [0.29, 0.717) is 34.3 Å². The summed E-state index contributed by atoms with van der Waals surface area (Å²) in [4.78, 5) is 27.7. The summed E-state index contributed by atoms with van der Waals surface area (Å²) in [6.07, 6.45) is -3.72. The molecule has 38 heavy (non-hydrogen) atoms. The van der Waals surface area contributed by atoms with E-state index in [9.17, 15) is 27.2 Å². The van der Waals surface area contributed by atoms with Crippen molar-refractivity contribution < 1.29 is 27.2 Å². The number of hydrogen-bond acceptors (Lipinski definition) is 3. The van der Waals surface area contributed by atoms with Gasteiger partial charge in [0.1, 0.15) is 12.1 Å². The highest BCUT2D eigenvalue weighted by molar-refractivity contribution is 6.42. The monoisotopic (exact) mass is 566 g/mol. The second kappa shape index (κ2) is 11.4. The maximum atomic E-state index is 14.2. The molecule has 0 spiro atoms. The number of likely N-dealkylation sites (N-methyl/N-ethyl adjacent to an activating group) is 1. The first-order valence-corrected chi connectivity index (χ1v) is 12.6. The highest BCUT2D eigenvalue weighted by Gasteiger charge is 2.39. The van der Waals surface area contributed by atoms with Crippen molar-refractivity contribution in [3.63, 3.8) is 0 Å². The first kappa shape index (κ1) is 28.1. The van der Waals surface area contributed by atoms with Crippen LogP contribution in [-0.4, -0.2) is 48.2 Å². The lowest BCUT2D eigenvalue weighted by atomic mass is 9.93. The molecule has 3 aromatic rings. The number of amides is 1. The molecular formula is C28H24Cl2F4N2O2. The van der Waals surface area contributed by atoms with Gasteiger partial charge in [-0.1, -0.05) is 47.5 Å². The minimum atomic E-state index is -4.77. The fourth-order valence-electron chi connectivity index (χ4n) is 4.82. The van der Waals surface area contributed by atoms with Gasteiger partial charge in [0.25, 0.3) is 5.91 Å². The second-order valence-corrected chi connectivity index (χ2v) is 10.2. The smallest absolute Gasteiger partial charge is 0.336 e. The van der Waals surface area contributed by atoms with Gasteiger partial charge in [0.2, 0.25) is 0 Å². The largest absolute Gasteiger partial charge is 0.419 e. The number of halogens is 6. The molecule has 2 atom stereocenters. The van der Waals surface area contributed by atoms with Crippen LogP contribution in [0.2, 0.25) is 10.0 Å². The van der Waals surface area contributed by atoms with Crippen LogP contribution in [0, 0.1) is 5.82 Å². The molecule has 0 bridgehead atoms. The molecule has 0 saturated carbocycles. The normalized spacial score (nSPS) is 17.7. The average Bonchev–Trinajstić information content (AvgIpc) is 3.31. The molecule has 1 saturated heterocycles. The molecule has 10 heteroatoms. The van der Waals surface area contributed by atoms with Crippen molar-refractivity contribution in [2.45, 2.75) is 31.1 Å². The van der Waals surface area contributed by atoms with E-state index in [1.54, 1.807) is 48.3 Å². The third-order valence-corrected chi connectivity index (χ3v) is 7.54. The van der Waals surface area contributed by atoms with E-state index < -0.39 is 17.6 Å². The van der Waals surface area contributed by atoms with Crippen LogP contribution in [0.15, 0.2) is 60.7 Å². The third-order valence-electron chi connectivity index (χ3n) is 6.80. The molecule has 3 aromatic carbocycles. The van der Waals surface area contributed by atoms with Gasteiger partial charge >= 0.3 is 6.18 Å². The number of rotatable bonds is 7. The van der Waals surface area contributed by atoms with E-state index in [2.05, 4.69) is 0 Å². The van der Waals surface area contributed by atoms with Gasteiger partial charge in [-0.25, -0.2) is 4.39 Å². The molecule has 0 N–H and O–H groups in total. The van der Waals surface area contributed by atoms with E-state index in [1.807, 2.05) is 11.0 Å². The molecule has 0 aromatic heterocycles. The molecule has 4 rings (SSSR count). The van der Waals surface area contributed by atoms with Gasteiger partial charge in [-0.2, -0.15) is 13.2 Å². The summed E-state index contributed by atoms with van der Waals surface area (Å²) in [5, 5.41) is 0.757. The number of alkyl halides is 3. The van der Waals surface area contributed by atoms with Crippen molar-refractivity contribution in [3.8, 4) is 0 Å². The lowest BCUT2D eigenvalue weighted by Gasteiger charge is -2.29. The van der Waals surface area contributed by atoms with Crippen LogP contribution in [0.1, 0.15) is 38.5 Å². The van der Waals surface area contributed by atoms with Gasteiger partial charge in [0.05, 0.1) is 15.6 Å². The van der Waals surface area contributed by atoms with Crippen LogP contribution < -0.4 is 0 Å². The molecule has 0 aliphatic carbocycles. The summed E-state index contributed by atoms with van der Waals surface area (Å²) in [5.41, 5.74) is 1.19. The van der Waals surface area contributed by atoms with Crippen molar-refractivity contribution in [3.05, 3.63) is 104 Å². The predicted octanol–water partition coefficient (Wildman–Crippen LogP) is 6.63. The van der Waals surface area contributed by atoms with Crippen molar-refractivity contribution in [2.75, 3.05) is 20.1 Å². The Labute approximate surface area is 227 Å². The number of nitrogens with zero attached hydrogens (tertiary/aromatic N) is 2. The predicted molar refractivity (Wildman–Crippen MR) is 138 cm³/mol. The molecule has 1 heterocycles. The van der Waals surface area contributed by atoms with Gasteiger partial charge in [-0.3, -0.25) is 9.69 Å². The first-order chi connectivity index (χ1) is 18.0. The van der Waals surface area contributed by atoms with Gasteiger partial charge in [0, 0.05) is 43.6 Å². The first-order valence-electron chi connectivity index (χ1n) is 11.8. The third kappa shape index (κ3) is 6.20. The number of carbonyl (C=O) groups is 2. The summed E-state index contributed by atoms with van der Waals surface area (Å²) >= 11 is 12.4. The molecule has 2 unspecified atom stereocenters. The van der Waals surface area contributed by atoms with Crippen LogP contribution in [0.4, 0.5) is 17.6 Å². The number of likely N-dealkylation sites (tertiary alicyclic amines) is 1. The van der Waals surface area contributed by atoms with Crippen molar-refractivity contribution in [2.24, 2.45) is 0 Å². The number of benzene rings is 3. The Balaban J connectivity index is 1.59. The zero-order valence-electron chi connectivity index (χ0n) is 20.3. The Morgan fingerprint density at radius 2 is 1.68 bits per heavy atom. The molecule has 200 valence electrons. The maximum absolute atomic E-state index is 14.2.